The van der Waals surface area contributed by atoms with Gasteiger partial charge in [0, 0.05) is 0 Å². The molecule has 0 heterocycles. The van der Waals surface area contributed by atoms with Gasteiger partial charge in [-0.15, -0.1) is 0 Å². The quantitative estimate of drug-likeness (QED) is 0.234. The zero-order valence-electron chi connectivity index (χ0n) is 13.9. The standard InChI is InChI=1S/C17H19F3O4/c1-5-13(24-7-3)11(9-23-6-2)16(21)10-8-12(18)15(20)17(22-4)14(10)19/h5,8-9H,6-7H2,1-4H3/b11-9+,13-5?. The van der Waals surface area contributed by atoms with Crippen molar-refractivity contribution in [3.63, 3.8) is 0 Å². The highest BCUT2D eigenvalue weighted by Gasteiger charge is 2.27. The summed E-state index contributed by atoms with van der Waals surface area (Å²) < 4.78 is 56.4. The number of allylic oxidation sites excluding steroid dienone is 2. The third-order valence-corrected chi connectivity index (χ3v) is 3.00. The number of rotatable bonds is 8. The first-order chi connectivity index (χ1) is 11.4. The summed E-state index contributed by atoms with van der Waals surface area (Å²) in [5, 5.41) is 0. The summed E-state index contributed by atoms with van der Waals surface area (Å²) in [6.07, 6.45) is 2.59. The lowest BCUT2D eigenvalue weighted by Gasteiger charge is -2.14. The Morgan fingerprint density at radius 1 is 1.17 bits per heavy atom. The Balaban J connectivity index is 3.47. The number of hydrogen-bond donors (Lipinski definition) is 0. The molecule has 24 heavy (non-hydrogen) atoms. The molecule has 0 saturated heterocycles. The van der Waals surface area contributed by atoms with Crippen molar-refractivity contribution < 1.29 is 32.2 Å². The molecule has 1 aromatic rings. The van der Waals surface area contributed by atoms with E-state index in [4.69, 9.17) is 9.47 Å². The van der Waals surface area contributed by atoms with Crippen LogP contribution in [0.1, 0.15) is 31.1 Å². The van der Waals surface area contributed by atoms with Crippen LogP contribution in [0.25, 0.3) is 0 Å². The molecule has 1 rings (SSSR count). The monoisotopic (exact) mass is 344 g/mol. The van der Waals surface area contributed by atoms with E-state index in [0.29, 0.717) is 6.07 Å². The van der Waals surface area contributed by atoms with Gasteiger partial charge in [-0.25, -0.2) is 8.78 Å². The number of Topliss-reactive ketones (excluding diaryl/α,β-unsaturated/α-hetero) is 1. The highest BCUT2D eigenvalue weighted by Crippen LogP contribution is 2.29. The Morgan fingerprint density at radius 3 is 2.33 bits per heavy atom. The van der Waals surface area contributed by atoms with E-state index >= 15 is 0 Å². The van der Waals surface area contributed by atoms with Crippen molar-refractivity contribution >= 4 is 5.78 Å². The number of methoxy groups -OCH3 is 1. The number of ketones is 1. The summed E-state index contributed by atoms with van der Waals surface area (Å²) in [5.74, 6) is -5.94. The van der Waals surface area contributed by atoms with E-state index in [1.54, 1.807) is 20.8 Å². The van der Waals surface area contributed by atoms with Crippen LogP contribution in [0.3, 0.4) is 0 Å². The zero-order chi connectivity index (χ0) is 18.3. The molecular weight excluding hydrogens is 325 g/mol. The van der Waals surface area contributed by atoms with E-state index in [-0.39, 0.29) is 24.5 Å². The van der Waals surface area contributed by atoms with E-state index in [0.717, 1.165) is 13.4 Å². The van der Waals surface area contributed by atoms with Gasteiger partial charge in [0.1, 0.15) is 5.76 Å². The van der Waals surface area contributed by atoms with Crippen LogP contribution >= 0.6 is 0 Å². The third-order valence-electron chi connectivity index (χ3n) is 3.00. The fourth-order valence-corrected chi connectivity index (χ4v) is 1.93. The summed E-state index contributed by atoms with van der Waals surface area (Å²) in [6.45, 7) is 5.51. The molecule has 1 aromatic carbocycles. The SMILES string of the molecule is CC=C(OCC)/C(=C\OCC)C(=O)c1cc(F)c(F)c(OC)c1F. The number of ether oxygens (including phenoxy) is 3. The number of hydrogen-bond acceptors (Lipinski definition) is 4. The molecule has 0 radical (unpaired) electrons. The fourth-order valence-electron chi connectivity index (χ4n) is 1.93. The molecule has 7 heteroatoms. The van der Waals surface area contributed by atoms with Crippen LogP contribution in [0.2, 0.25) is 0 Å². The van der Waals surface area contributed by atoms with Crippen LogP contribution in [0.4, 0.5) is 13.2 Å². The van der Waals surface area contributed by atoms with E-state index < -0.39 is 34.5 Å². The topological polar surface area (TPSA) is 44.8 Å². The molecule has 0 aliphatic rings. The second kappa shape index (κ2) is 9.00. The Hall–Kier alpha value is -2.44. The highest BCUT2D eigenvalue weighted by molar-refractivity contribution is 6.11. The van der Waals surface area contributed by atoms with Gasteiger partial charge < -0.3 is 14.2 Å². The average molecular weight is 344 g/mol. The van der Waals surface area contributed by atoms with Crippen molar-refractivity contribution in [3.8, 4) is 5.75 Å². The van der Waals surface area contributed by atoms with Gasteiger partial charge in [0.05, 0.1) is 37.7 Å². The van der Waals surface area contributed by atoms with E-state index in [1.165, 1.54) is 6.08 Å². The predicted molar refractivity (Wildman–Crippen MR) is 82.3 cm³/mol. The van der Waals surface area contributed by atoms with Crippen molar-refractivity contribution in [1.82, 2.24) is 0 Å². The molecule has 0 fully saturated rings. The predicted octanol–water partition coefficient (Wildman–Crippen LogP) is 4.16. The maximum Gasteiger partial charge on any atom is 0.203 e. The van der Waals surface area contributed by atoms with Crippen molar-refractivity contribution in [2.75, 3.05) is 20.3 Å². The first-order valence-corrected chi connectivity index (χ1v) is 7.30. The Kier molecular flexibility index (Phi) is 7.35. The van der Waals surface area contributed by atoms with Crippen molar-refractivity contribution in [3.05, 3.63) is 52.8 Å². The van der Waals surface area contributed by atoms with Crippen LogP contribution in [0.5, 0.6) is 5.75 Å². The second-order valence-electron chi connectivity index (χ2n) is 4.47. The molecule has 0 bridgehead atoms. The number of benzene rings is 1. The molecule has 0 atom stereocenters. The van der Waals surface area contributed by atoms with E-state index in [2.05, 4.69) is 4.74 Å². The Labute approximate surface area is 138 Å². The van der Waals surface area contributed by atoms with Crippen LogP contribution in [-0.2, 0) is 9.47 Å². The number of carbonyl (C=O) groups excluding carboxylic acids is 1. The molecule has 0 spiro atoms. The molecule has 0 aliphatic heterocycles. The maximum atomic E-state index is 14.3. The van der Waals surface area contributed by atoms with Gasteiger partial charge in [-0.3, -0.25) is 4.79 Å². The lowest BCUT2D eigenvalue weighted by molar-refractivity contribution is 0.101. The number of carbonyl (C=O) groups is 1. The zero-order valence-corrected chi connectivity index (χ0v) is 13.9. The van der Waals surface area contributed by atoms with Gasteiger partial charge in [0.25, 0.3) is 0 Å². The van der Waals surface area contributed by atoms with E-state index in [9.17, 15) is 18.0 Å². The first-order valence-electron chi connectivity index (χ1n) is 7.30. The first kappa shape index (κ1) is 19.6. The normalized spacial score (nSPS) is 12.1. The van der Waals surface area contributed by atoms with Gasteiger partial charge in [0.2, 0.25) is 11.6 Å². The van der Waals surface area contributed by atoms with Crippen LogP contribution in [0, 0.1) is 17.5 Å². The van der Waals surface area contributed by atoms with Crippen molar-refractivity contribution in [1.29, 1.82) is 0 Å². The van der Waals surface area contributed by atoms with Crippen LogP contribution in [0.15, 0.2) is 29.7 Å². The molecule has 4 nitrogen and oxygen atoms in total. The lowest BCUT2D eigenvalue weighted by atomic mass is 10.0. The summed E-state index contributed by atoms with van der Waals surface area (Å²) >= 11 is 0. The average Bonchev–Trinajstić information content (AvgIpc) is 2.57. The molecule has 132 valence electrons. The lowest BCUT2D eigenvalue weighted by Crippen LogP contribution is -2.13. The summed E-state index contributed by atoms with van der Waals surface area (Å²) in [6, 6.07) is 0.481. The summed E-state index contributed by atoms with van der Waals surface area (Å²) in [4.78, 5) is 12.6. The van der Waals surface area contributed by atoms with Crippen molar-refractivity contribution in [2.24, 2.45) is 0 Å². The molecule has 0 N–H and O–H groups in total. The summed E-state index contributed by atoms with van der Waals surface area (Å²) in [7, 11) is 0.976. The van der Waals surface area contributed by atoms with Crippen molar-refractivity contribution in [2.45, 2.75) is 20.8 Å². The number of halogens is 3. The highest BCUT2D eigenvalue weighted by atomic mass is 19.2. The summed E-state index contributed by atoms with van der Waals surface area (Å²) in [5.41, 5.74) is -0.802. The fraction of sp³-hybridized carbons (Fsp3) is 0.353. The molecule has 0 unspecified atom stereocenters. The van der Waals surface area contributed by atoms with Crippen LogP contribution < -0.4 is 4.74 Å². The van der Waals surface area contributed by atoms with Gasteiger partial charge in [-0.1, -0.05) is 0 Å². The molecule has 0 aromatic heterocycles. The molecule has 0 saturated carbocycles. The van der Waals surface area contributed by atoms with Crippen LogP contribution in [-0.4, -0.2) is 26.1 Å². The Morgan fingerprint density at radius 2 is 1.83 bits per heavy atom. The largest absolute Gasteiger partial charge is 0.501 e. The molecule has 0 aliphatic carbocycles. The minimum absolute atomic E-state index is 0.117. The minimum atomic E-state index is -1.50. The minimum Gasteiger partial charge on any atom is -0.501 e. The smallest absolute Gasteiger partial charge is 0.203 e. The molecule has 0 amide bonds. The second-order valence-corrected chi connectivity index (χ2v) is 4.47. The van der Waals surface area contributed by atoms with E-state index in [1.807, 2.05) is 0 Å². The van der Waals surface area contributed by atoms with Gasteiger partial charge >= 0.3 is 0 Å². The maximum absolute atomic E-state index is 14.3. The Bertz CT molecular complexity index is 666. The van der Waals surface area contributed by atoms with Gasteiger partial charge in [-0.05, 0) is 32.9 Å². The third kappa shape index (κ3) is 4.10. The van der Waals surface area contributed by atoms with Gasteiger partial charge in [-0.2, -0.15) is 4.39 Å². The van der Waals surface area contributed by atoms with Gasteiger partial charge in [0.15, 0.2) is 17.4 Å². The molecular formula is C17H19F3O4.